The molecule has 0 amide bonds. The maximum Gasteiger partial charge on any atom is 0.231 e. The molecule has 112 valence electrons. The third-order valence-corrected chi connectivity index (χ3v) is 3.48. The number of fused-ring (bicyclic) bond motifs is 1. The number of likely N-dealkylation sites (N-methyl/N-ethyl adjacent to an activating group) is 1. The number of rotatable bonds is 8. The third kappa shape index (κ3) is 3.55. The molecule has 0 saturated heterocycles. The van der Waals surface area contributed by atoms with Gasteiger partial charge in [0, 0.05) is 24.7 Å². The van der Waals surface area contributed by atoms with Gasteiger partial charge in [0.05, 0.1) is 0 Å². The maximum atomic E-state index is 5.93. The minimum atomic E-state index is 0.289. The lowest BCUT2D eigenvalue weighted by molar-refractivity contribution is 0.173. The number of benzene rings is 1. The molecule has 5 nitrogen and oxygen atoms in total. The highest BCUT2D eigenvalue weighted by molar-refractivity contribution is 5.51. The van der Waals surface area contributed by atoms with Gasteiger partial charge in [0.15, 0.2) is 11.5 Å². The van der Waals surface area contributed by atoms with Crippen molar-refractivity contribution in [1.82, 2.24) is 10.2 Å². The summed E-state index contributed by atoms with van der Waals surface area (Å²) in [4.78, 5) is 2.34. The smallest absolute Gasteiger partial charge is 0.231 e. The van der Waals surface area contributed by atoms with Crippen molar-refractivity contribution in [2.45, 2.75) is 20.4 Å². The quantitative estimate of drug-likeness (QED) is 0.787. The van der Waals surface area contributed by atoms with E-state index in [1.165, 1.54) is 0 Å². The van der Waals surface area contributed by atoms with Crippen molar-refractivity contribution < 1.29 is 14.2 Å². The van der Waals surface area contributed by atoms with Crippen LogP contribution in [0.1, 0.15) is 19.4 Å². The Labute approximate surface area is 120 Å². The molecule has 2 rings (SSSR count). The first-order valence-corrected chi connectivity index (χ1v) is 7.20. The molecule has 5 heteroatoms. The molecule has 0 saturated carbocycles. The lowest BCUT2D eigenvalue weighted by atomic mass is 10.1. The van der Waals surface area contributed by atoms with E-state index >= 15 is 0 Å². The summed E-state index contributed by atoms with van der Waals surface area (Å²) in [5.74, 6) is 2.43. The molecule has 1 heterocycles. The molecule has 0 atom stereocenters. The monoisotopic (exact) mass is 280 g/mol. The van der Waals surface area contributed by atoms with E-state index in [9.17, 15) is 0 Å². The van der Waals surface area contributed by atoms with Gasteiger partial charge in [0.2, 0.25) is 6.79 Å². The topological polar surface area (TPSA) is 43.0 Å². The summed E-state index contributed by atoms with van der Waals surface area (Å²) in [6.07, 6.45) is 0. The highest BCUT2D eigenvalue weighted by Gasteiger charge is 2.17. The number of hydrogen-bond acceptors (Lipinski definition) is 5. The third-order valence-electron chi connectivity index (χ3n) is 3.48. The molecule has 1 aliphatic rings. The molecule has 0 bridgehead atoms. The second-order valence-electron chi connectivity index (χ2n) is 4.72. The van der Waals surface area contributed by atoms with Gasteiger partial charge in [-0.25, -0.2) is 0 Å². The van der Waals surface area contributed by atoms with Gasteiger partial charge >= 0.3 is 0 Å². The molecule has 0 radical (unpaired) electrons. The van der Waals surface area contributed by atoms with Crippen LogP contribution in [0, 0.1) is 0 Å². The average Bonchev–Trinajstić information content (AvgIpc) is 2.91. The van der Waals surface area contributed by atoms with Crippen molar-refractivity contribution in [3.63, 3.8) is 0 Å². The Morgan fingerprint density at radius 1 is 1.20 bits per heavy atom. The summed E-state index contributed by atoms with van der Waals surface area (Å²) in [7, 11) is 1.92. The van der Waals surface area contributed by atoms with Gasteiger partial charge in [-0.2, -0.15) is 0 Å². The number of nitrogens with one attached hydrogen (secondary N) is 1. The molecule has 1 aromatic carbocycles. The summed E-state index contributed by atoms with van der Waals surface area (Å²) in [6, 6.07) is 3.92. The SMILES string of the molecule is CCN(CC)CCOc1cc2c(cc1CNC)OCO2. The van der Waals surface area contributed by atoms with Crippen molar-refractivity contribution in [2.24, 2.45) is 0 Å². The fraction of sp³-hybridized carbons (Fsp3) is 0.600. The van der Waals surface area contributed by atoms with Gasteiger partial charge < -0.3 is 24.4 Å². The molecule has 1 N–H and O–H groups in total. The van der Waals surface area contributed by atoms with E-state index in [4.69, 9.17) is 14.2 Å². The van der Waals surface area contributed by atoms with Gasteiger partial charge in [-0.15, -0.1) is 0 Å². The van der Waals surface area contributed by atoms with Crippen LogP contribution in [0.15, 0.2) is 12.1 Å². The predicted octanol–water partition coefficient (Wildman–Crippen LogP) is 1.86. The average molecular weight is 280 g/mol. The van der Waals surface area contributed by atoms with Crippen LogP contribution in [-0.4, -0.2) is 45.0 Å². The number of hydrogen-bond donors (Lipinski definition) is 1. The van der Waals surface area contributed by atoms with Gasteiger partial charge in [0.1, 0.15) is 12.4 Å². The zero-order valence-electron chi connectivity index (χ0n) is 12.6. The van der Waals surface area contributed by atoms with Crippen molar-refractivity contribution >= 4 is 0 Å². The first-order valence-electron chi connectivity index (χ1n) is 7.20. The standard InChI is InChI=1S/C15H24N2O3/c1-4-17(5-2)6-7-18-13-9-15-14(19-11-20-15)8-12(13)10-16-3/h8-9,16H,4-7,10-11H2,1-3H3. The largest absolute Gasteiger partial charge is 0.492 e. The van der Waals surface area contributed by atoms with E-state index in [2.05, 4.69) is 24.1 Å². The zero-order valence-corrected chi connectivity index (χ0v) is 12.6. The number of ether oxygens (including phenoxy) is 3. The van der Waals surface area contributed by atoms with E-state index < -0.39 is 0 Å². The van der Waals surface area contributed by atoms with Crippen molar-refractivity contribution in [2.75, 3.05) is 40.1 Å². The lowest BCUT2D eigenvalue weighted by Gasteiger charge is -2.19. The van der Waals surface area contributed by atoms with Gasteiger partial charge in [-0.3, -0.25) is 0 Å². The minimum absolute atomic E-state index is 0.289. The Hall–Kier alpha value is -1.46. The summed E-state index contributed by atoms with van der Waals surface area (Å²) in [6.45, 7) is 9.06. The Morgan fingerprint density at radius 3 is 2.55 bits per heavy atom. The van der Waals surface area contributed by atoms with Crippen LogP contribution in [0.2, 0.25) is 0 Å². The molecular formula is C15H24N2O3. The molecule has 1 aliphatic heterocycles. The van der Waals surface area contributed by atoms with Crippen molar-refractivity contribution in [1.29, 1.82) is 0 Å². The Kier molecular flexibility index (Phi) is 5.49. The second kappa shape index (κ2) is 7.36. The van der Waals surface area contributed by atoms with E-state index in [0.29, 0.717) is 6.61 Å². The van der Waals surface area contributed by atoms with Crippen LogP contribution in [-0.2, 0) is 6.54 Å². The first kappa shape index (κ1) is 14.9. The zero-order chi connectivity index (χ0) is 14.4. The van der Waals surface area contributed by atoms with Crippen molar-refractivity contribution in [3.8, 4) is 17.2 Å². The van der Waals surface area contributed by atoms with Crippen LogP contribution >= 0.6 is 0 Å². The number of nitrogens with zero attached hydrogens (tertiary/aromatic N) is 1. The van der Waals surface area contributed by atoms with Gasteiger partial charge in [0.25, 0.3) is 0 Å². The van der Waals surface area contributed by atoms with Crippen LogP contribution in [0.25, 0.3) is 0 Å². The lowest BCUT2D eigenvalue weighted by Crippen LogP contribution is -2.28. The van der Waals surface area contributed by atoms with Crippen LogP contribution in [0.3, 0.4) is 0 Å². The molecule has 1 aromatic rings. The van der Waals surface area contributed by atoms with E-state index in [1.54, 1.807) is 0 Å². The Balaban J connectivity index is 2.02. The highest BCUT2D eigenvalue weighted by Crippen LogP contribution is 2.38. The molecular weight excluding hydrogens is 256 g/mol. The highest BCUT2D eigenvalue weighted by atomic mass is 16.7. The summed E-state index contributed by atoms with van der Waals surface area (Å²) in [5, 5.41) is 3.15. The molecule has 0 unspecified atom stereocenters. The van der Waals surface area contributed by atoms with E-state index in [0.717, 1.165) is 49.0 Å². The van der Waals surface area contributed by atoms with E-state index in [-0.39, 0.29) is 6.79 Å². The first-order chi connectivity index (χ1) is 9.78. The normalized spacial score (nSPS) is 13.0. The summed E-state index contributed by atoms with van der Waals surface area (Å²) in [5.41, 5.74) is 1.09. The fourth-order valence-electron chi connectivity index (χ4n) is 2.25. The second-order valence-corrected chi connectivity index (χ2v) is 4.72. The molecule has 0 fully saturated rings. The Morgan fingerprint density at radius 2 is 1.90 bits per heavy atom. The molecule has 0 spiro atoms. The van der Waals surface area contributed by atoms with Gasteiger partial charge in [-0.1, -0.05) is 13.8 Å². The van der Waals surface area contributed by atoms with E-state index in [1.807, 2.05) is 19.2 Å². The van der Waals surface area contributed by atoms with Crippen molar-refractivity contribution in [3.05, 3.63) is 17.7 Å². The minimum Gasteiger partial charge on any atom is -0.492 e. The fourth-order valence-corrected chi connectivity index (χ4v) is 2.25. The summed E-state index contributed by atoms with van der Waals surface area (Å²) >= 11 is 0. The van der Waals surface area contributed by atoms with Crippen LogP contribution in [0.4, 0.5) is 0 Å². The van der Waals surface area contributed by atoms with Gasteiger partial charge in [-0.05, 0) is 26.2 Å². The van der Waals surface area contributed by atoms with Crippen LogP contribution < -0.4 is 19.5 Å². The molecule has 0 aromatic heterocycles. The Bertz CT molecular complexity index is 433. The molecule has 0 aliphatic carbocycles. The van der Waals surface area contributed by atoms with Crippen LogP contribution in [0.5, 0.6) is 17.2 Å². The maximum absolute atomic E-state index is 5.93. The molecule has 20 heavy (non-hydrogen) atoms. The summed E-state index contributed by atoms with van der Waals surface area (Å²) < 4.78 is 16.7. The predicted molar refractivity (Wildman–Crippen MR) is 78.6 cm³/mol.